The summed E-state index contributed by atoms with van der Waals surface area (Å²) in [5.41, 5.74) is 5.96. The van der Waals surface area contributed by atoms with Crippen LogP contribution in [-0.4, -0.2) is 25.5 Å². The summed E-state index contributed by atoms with van der Waals surface area (Å²) in [5.74, 6) is -0.173. The second kappa shape index (κ2) is 9.15. The van der Waals surface area contributed by atoms with Gasteiger partial charge in [-0.05, 0) is 29.8 Å². The second-order valence-corrected chi connectivity index (χ2v) is 5.91. The quantitative estimate of drug-likeness (QED) is 0.672. The third-order valence-corrected chi connectivity index (χ3v) is 3.84. The normalized spacial score (nSPS) is 10.0. The van der Waals surface area contributed by atoms with Gasteiger partial charge in [0.15, 0.2) is 0 Å². The number of para-hydroxylation sites is 2. The van der Waals surface area contributed by atoms with E-state index in [1.807, 2.05) is 12.1 Å². The first-order valence-electron chi connectivity index (χ1n) is 7.38. The first-order valence-corrected chi connectivity index (χ1v) is 8.13. The molecule has 0 unspecified atom stereocenters. The summed E-state index contributed by atoms with van der Waals surface area (Å²) in [5, 5.41) is 3.81. The van der Waals surface area contributed by atoms with Crippen LogP contribution in [0.1, 0.15) is 5.56 Å². The highest BCUT2D eigenvalue weighted by Gasteiger charge is 2.09. The van der Waals surface area contributed by atoms with E-state index >= 15 is 0 Å². The van der Waals surface area contributed by atoms with Gasteiger partial charge in [-0.3, -0.25) is 20.4 Å². The predicted octanol–water partition coefficient (Wildman–Crippen LogP) is 2.80. The van der Waals surface area contributed by atoms with Crippen molar-refractivity contribution in [2.45, 2.75) is 6.42 Å². The highest BCUT2D eigenvalue weighted by Crippen LogP contribution is 2.22. The molecule has 0 aromatic heterocycles. The van der Waals surface area contributed by atoms with Gasteiger partial charge in [0, 0.05) is 10.0 Å². The lowest BCUT2D eigenvalue weighted by Gasteiger charge is -2.12. The van der Waals surface area contributed by atoms with Crippen molar-refractivity contribution in [1.82, 2.24) is 10.9 Å². The van der Waals surface area contributed by atoms with Crippen molar-refractivity contribution in [2.75, 3.05) is 19.0 Å². The minimum absolute atomic E-state index is 0.0240. The monoisotopic (exact) mass is 381 g/mol. The molecule has 3 N–H and O–H groups in total. The Morgan fingerprint density at radius 3 is 2.48 bits per heavy atom. The van der Waals surface area contributed by atoms with E-state index in [-0.39, 0.29) is 13.0 Å². The maximum Gasteiger partial charge on any atom is 0.257 e. The Morgan fingerprint density at radius 2 is 1.76 bits per heavy atom. The number of anilines is 1. The Bertz CT molecular complexity index is 769. The predicted molar refractivity (Wildman–Crippen MR) is 97.9 cm³/mol. The van der Waals surface area contributed by atoms with Crippen molar-refractivity contribution in [3.8, 4) is 5.75 Å². The van der Waals surface area contributed by atoms with Gasteiger partial charge >= 0.3 is 0 Å². The summed E-state index contributed by atoms with van der Waals surface area (Å²) >= 11 is 11.8. The van der Waals surface area contributed by atoms with Gasteiger partial charge < -0.3 is 10.1 Å². The van der Waals surface area contributed by atoms with E-state index in [2.05, 4.69) is 16.2 Å². The fourth-order valence-corrected chi connectivity index (χ4v) is 2.51. The number of ether oxygens (including phenoxy) is 1. The second-order valence-electron chi connectivity index (χ2n) is 5.06. The van der Waals surface area contributed by atoms with E-state index in [9.17, 15) is 9.59 Å². The molecule has 0 aliphatic heterocycles. The Balaban J connectivity index is 1.78. The lowest BCUT2D eigenvalue weighted by molar-refractivity contribution is -0.127. The van der Waals surface area contributed by atoms with Gasteiger partial charge in [-0.1, -0.05) is 41.4 Å². The molecule has 8 heteroatoms. The molecule has 2 aromatic rings. The van der Waals surface area contributed by atoms with Gasteiger partial charge in [-0.25, -0.2) is 0 Å². The van der Waals surface area contributed by atoms with E-state index in [1.165, 1.54) is 0 Å². The summed E-state index contributed by atoms with van der Waals surface area (Å²) in [4.78, 5) is 23.7. The summed E-state index contributed by atoms with van der Waals surface area (Å²) in [6, 6.07) is 12.1. The number of amides is 2. The molecule has 6 nitrogen and oxygen atoms in total. The number of halogens is 2. The van der Waals surface area contributed by atoms with Crippen LogP contribution in [0.4, 0.5) is 5.69 Å². The third-order valence-electron chi connectivity index (χ3n) is 3.25. The molecule has 0 saturated heterocycles. The highest BCUT2D eigenvalue weighted by atomic mass is 35.5. The summed E-state index contributed by atoms with van der Waals surface area (Å²) in [6.07, 6.45) is 0.0240. The van der Waals surface area contributed by atoms with Gasteiger partial charge in [-0.2, -0.15) is 0 Å². The van der Waals surface area contributed by atoms with E-state index in [0.29, 0.717) is 27.0 Å². The van der Waals surface area contributed by atoms with Crippen LogP contribution in [0, 0.1) is 0 Å². The van der Waals surface area contributed by atoms with Crippen molar-refractivity contribution in [3.63, 3.8) is 0 Å². The Kier molecular flexibility index (Phi) is 6.91. The standard InChI is InChI=1S/C17H17Cl2N3O3/c1-25-15-5-3-2-4-14(15)20-10-17(24)22-21-16(23)8-11-6-7-12(18)9-13(11)19/h2-7,9,20H,8,10H2,1H3,(H,21,23)(H,22,24). The van der Waals surface area contributed by atoms with Crippen molar-refractivity contribution in [1.29, 1.82) is 0 Å². The number of carbonyl (C=O) groups excluding carboxylic acids is 2. The van der Waals surface area contributed by atoms with Crippen LogP contribution in [0.15, 0.2) is 42.5 Å². The van der Waals surface area contributed by atoms with E-state index in [1.54, 1.807) is 37.4 Å². The molecule has 0 bridgehead atoms. The van der Waals surface area contributed by atoms with Crippen molar-refractivity contribution < 1.29 is 14.3 Å². The number of methoxy groups -OCH3 is 1. The maximum atomic E-state index is 11.9. The molecule has 2 rings (SSSR count). The molecular formula is C17H17Cl2N3O3. The van der Waals surface area contributed by atoms with Gasteiger partial charge in [0.2, 0.25) is 5.91 Å². The summed E-state index contributed by atoms with van der Waals surface area (Å²) in [7, 11) is 1.54. The van der Waals surface area contributed by atoms with Crippen LogP contribution in [0.2, 0.25) is 10.0 Å². The van der Waals surface area contributed by atoms with Crippen molar-refractivity contribution in [2.24, 2.45) is 0 Å². The molecule has 2 amide bonds. The number of rotatable bonds is 6. The molecule has 25 heavy (non-hydrogen) atoms. The van der Waals surface area contributed by atoms with Crippen LogP contribution in [0.3, 0.4) is 0 Å². The first-order chi connectivity index (χ1) is 12.0. The van der Waals surface area contributed by atoms with E-state index < -0.39 is 11.8 Å². The minimum Gasteiger partial charge on any atom is -0.495 e. The zero-order valence-electron chi connectivity index (χ0n) is 13.4. The topological polar surface area (TPSA) is 79.5 Å². The molecule has 0 saturated carbocycles. The van der Waals surface area contributed by atoms with Crippen LogP contribution in [0.25, 0.3) is 0 Å². The molecule has 0 radical (unpaired) electrons. The summed E-state index contributed by atoms with van der Waals surface area (Å²) in [6.45, 7) is -0.0254. The molecule has 0 atom stereocenters. The number of hydrogen-bond donors (Lipinski definition) is 3. The number of benzene rings is 2. The van der Waals surface area contributed by atoms with Crippen molar-refractivity contribution >= 4 is 40.7 Å². The van der Waals surface area contributed by atoms with Gasteiger partial charge in [0.25, 0.3) is 5.91 Å². The highest BCUT2D eigenvalue weighted by molar-refractivity contribution is 6.35. The SMILES string of the molecule is COc1ccccc1NCC(=O)NNC(=O)Cc1ccc(Cl)cc1Cl. The maximum absolute atomic E-state index is 11.9. The molecule has 0 spiro atoms. The Morgan fingerprint density at radius 1 is 1.04 bits per heavy atom. The van der Waals surface area contributed by atoms with Crippen LogP contribution in [-0.2, 0) is 16.0 Å². The molecule has 0 fully saturated rings. The van der Waals surface area contributed by atoms with Gasteiger partial charge in [-0.15, -0.1) is 0 Å². The number of nitrogens with one attached hydrogen (secondary N) is 3. The number of hydrazine groups is 1. The fourth-order valence-electron chi connectivity index (χ4n) is 2.03. The first kappa shape index (κ1) is 18.9. The molecule has 0 aliphatic carbocycles. The van der Waals surface area contributed by atoms with Gasteiger partial charge in [0.1, 0.15) is 5.75 Å². The lowest BCUT2D eigenvalue weighted by Crippen LogP contribution is -2.44. The van der Waals surface area contributed by atoms with Crippen molar-refractivity contribution in [3.05, 3.63) is 58.1 Å². The average Bonchev–Trinajstić information content (AvgIpc) is 2.60. The van der Waals surface area contributed by atoms with Crippen LogP contribution >= 0.6 is 23.2 Å². The molecule has 0 aliphatic rings. The van der Waals surface area contributed by atoms with E-state index in [0.717, 1.165) is 0 Å². The molecule has 2 aromatic carbocycles. The Hall–Kier alpha value is -2.44. The van der Waals surface area contributed by atoms with Crippen LogP contribution < -0.4 is 20.9 Å². The lowest BCUT2D eigenvalue weighted by atomic mass is 10.1. The largest absolute Gasteiger partial charge is 0.495 e. The summed E-state index contributed by atoms with van der Waals surface area (Å²) < 4.78 is 5.18. The number of hydrogen-bond acceptors (Lipinski definition) is 4. The minimum atomic E-state index is -0.401. The third kappa shape index (κ3) is 5.85. The van der Waals surface area contributed by atoms with E-state index in [4.69, 9.17) is 27.9 Å². The Labute approximate surface area is 155 Å². The zero-order valence-corrected chi connectivity index (χ0v) is 14.9. The van der Waals surface area contributed by atoms with Gasteiger partial charge in [0.05, 0.1) is 25.8 Å². The smallest absolute Gasteiger partial charge is 0.257 e. The fraction of sp³-hybridized carbons (Fsp3) is 0.176. The average molecular weight is 382 g/mol. The zero-order chi connectivity index (χ0) is 18.2. The van der Waals surface area contributed by atoms with Crippen LogP contribution in [0.5, 0.6) is 5.75 Å². The molecular weight excluding hydrogens is 365 g/mol. The molecule has 132 valence electrons. The number of carbonyl (C=O) groups is 2. The molecule has 0 heterocycles.